The highest BCUT2D eigenvalue weighted by Crippen LogP contribution is 2.25. The molecule has 41 heavy (non-hydrogen) atoms. The molecule has 3 amide bonds. The summed E-state index contributed by atoms with van der Waals surface area (Å²) in [6, 6.07) is 6.98. The van der Waals surface area contributed by atoms with Crippen molar-refractivity contribution in [2.75, 3.05) is 39.4 Å². The summed E-state index contributed by atoms with van der Waals surface area (Å²) in [5.41, 5.74) is -0.413. The summed E-state index contributed by atoms with van der Waals surface area (Å²) in [6.45, 7) is 7.47. The Morgan fingerprint density at radius 1 is 1.05 bits per heavy atom. The molecule has 13 nitrogen and oxygen atoms in total. The summed E-state index contributed by atoms with van der Waals surface area (Å²) in [7, 11) is 0. The fourth-order valence-corrected chi connectivity index (χ4v) is 4.21. The van der Waals surface area contributed by atoms with Crippen molar-refractivity contribution in [2.45, 2.75) is 52.2 Å². The average molecular weight is 573 g/mol. The van der Waals surface area contributed by atoms with Crippen molar-refractivity contribution in [3.63, 3.8) is 0 Å². The van der Waals surface area contributed by atoms with Crippen molar-refractivity contribution >= 4 is 40.7 Å². The van der Waals surface area contributed by atoms with Crippen LogP contribution in [0.2, 0.25) is 0 Å². The van der Waals surface area contributed by atoms with Gasteiger partial charge < -0.3 is 34.4 Å². The number of carbonyl (C=O) groups is 5. The van der Waals surface area contributed by atoms with Crippen molar-refractivity contribution in [3.05, 3.63) is 36.0 Å². The maximum atomic E-state index is 13.5. The molecule has 1 aliphatic rings. The maximum absolute atomic E-state index is 13.5. The number of nitrogens with one attached hydrogen (secondary N) is 1. The molecule has 0 unspecified atom stereocenters. The Morgan fingerprint density at radius 3 is 2.34 bits per heavy atom. The van der Waals surface area contributed by atoms with Gasteiger partial charge in [-0.3, -0.25) is 14.4 Å². The first-order valence-electron chi connectivity index (χ1n) is 13.4. The van der Waals surface area contributed by atoms with Gasteiger partial charge in [0.1, 0.15) is 23.1 Å². The van der Waals surface area contributed by atoms with Crippen LogP contribution in [-0.2, 0) is 23.9 Å². The van der Waals surface area contributed by atoms with E-state index in [1.54, 1.807) is 52.0 Å². The highest BCUT2D eigenvalue weighted by Gasteiger charge is 2.32. The first-order valence-corrected chi connectivity index (χ1v) is 13.4. The van der Waals surface area contributed by atoms with E-state index in [1.807, 2.05) is 0 Å². The lowest BCUT2D eigenvalue weighted by Gasteiger charge is -2.36. The molecule has 0 saturated carbocycles. The Bertz CT molecular complexity index is 1280. The van der Waals surface area contributed by atoms with E-state index < -0.39 is 48.1 Å². The molecule has 1 atom stereocenters. The fourth-order valence-electron chi connectivity index (χ4n) is 4.21. The number of piperazine rings is 1. The Hall–Kier alpha value is -4.42. The zero-order valence-electron chi connectivity index (χ0n) is 23.7. The molecule has 1 fully saturated rings. The molecule has 1 saturated heterocycles. The molecule has 13 heteroatoms. The number of para-hydroxylation sites is 1. The van der Waals surface area contributed by atoms with E-state index in [0.29, 0.717) is 10.9 Å². The van der Waals surface area contributed by atoms with E-state index in [4.69, 9.17) is 19.3 Å². The number of aliphatic carboxylic acids is 1. The molecule has 0 radical (unpaired) electrons. The number of hydrogen-bond acceptors (Lipinski definition) is 9. The smallest absolute Gasteiger partial charge is 0.409 e. The van der Waals surface area contributed by atoms with Gasteiger partial charge in [0.25, 0.3) is 5.91 Å². The minimum atomic E-state index is -1.19. The molecular formula is C28H36N4O9. The van der Waals surface area contributed by atoms with Crippen LogP contribution in [0.3, 0.4) is 0 Å². The lowest BCUT2D eigenvalue weighted by Crippen LogP contribution is -2.56. The van der Waals surface area contributed by atoms with Crippen LogP contribution in [-0.4, -0.2) is 101 Å². The van der Waals surface area contributed by atoms with Crippen molar-refractivity contribution in [1.29, 1.82) is 0 Å². The first-order chi connectivity index (χ1) is 19.4. The van der Waals surface area contributed by atoms with Crippen molar-refractivity contribution in [1.82, 2.24) is 20.1 Å². The third-order valence-corrected chi connectivity index (χ3v) is 6.04. The number of pyridine rings is 1. The number of amides is 3. The summed E-state index contributed by atoms with van der Waals surface area (Å²) >= 11 is 0. The average Bonchev–Trinajstić information content (AvgIpc) is 2.92. The normalized spacial score (nSPS) is 14.2. The number of carboxylic acids is 1. The second-order valence-corrected chi connectivity index (χ2v) is 10.4. The van der Waals surface area contributed by atoms with Gasteiger partial charge in [-0.05, 0) is 46.2 Å². The van der Waals surface area contributed by atoms with Gasteiger partial charge in [0.05, 0.1) is 12.1 Å². The Morgan fingerprint density at radius 2 is 1.71 bits per heavy atom. The first kappa shape index (κ1) is 31.1. The molecule has 222 valence electrons. The number of aromatic nitrogens is 1. The molecule has 2 aromatic rings. The third kappa shape index (κ3) is 9.05. The van der Waals surface area contributed by atoms with E-state index in [0.717, 1.165) is 0 Å². The second-order valence-electron chi connectivity index (χ2n) is 10.4. The molecule has 0 aliphatic carbocycles. The highest BCUT2D eigenvalue weighted by molar-refractivity contribution is 5.99. The predicted molar refractivity (Wildman–Crippen MR) is 146 cm³/mol. The summed E-state index contributed by atoms with van der Waals surface area (Å²) in [4.78, 5) is 69.8. The quantitative estimate of drug-likeness (QED) is 0.403. The number of benzene rings is 1. The van der Waals surface area contributed by atoms with Gasteiger partial charge in [-0.15, -0.1) is 0 Å². The molecule has 0 bridgehead atoms. The molecule has 2 heterocycles. The number of fused-ring (bicyclic) bond motifs is 1. The van der Waals surface area contributed by atoms with Gasteiger partial charge in [-0.1, -0.05) is 12.1 Å². The molecule has 2 N–H and O–H groups in total. The van der Waals surface area contributed by atoms with E-state index in [9.17, 15) is 24.0 Å². The molecule has 1 aromatic carbocycles. The number of nitrogens with zero attached hydrogens (tertiary/aromatic N) is 3. The van der Waals surface area contributed by atoms with Crippen LogP contribution in [0.1, 0.15) is 51.0 Å². The molecule has 1 aliphatic heterocycles. The van der Waals surface area contributed by atoms with Gasteiger partial charge in [0.15, 0.2) is 6.61 Å². The number of carbonyl (C=O) groups excluding carboxylic acids is 4. The van der Waals surface area contributed by atoms with Crippen LogP contribution in [0.15, 0.2) is 30.3 Å². The standard InChI is InChI=1S/C28H36N4O9/c1-5-39-27(38)32-14-12-31(13-15-32)26(37)20(10-11-24(35)41-28(2,3)4)30-25(36)21-16-22(40-17-23(33)34)18-8-6-7-9-19(18)29-21/h6-9,16,20H,5,10-15,17H2,1-4H3,(H,30,36)(H,33,34)/t20-/m0/s1. The number of carboxylic acid groups (broad SMARTS) is 1. The second kappa shape index (κ2) is 13.8. The largest absolute Gasteiger partial charge is 0.481 e. The molecule has 3 rings (SSSR count). The monoisotopic (exact) mass is 572 g/mol. The van der Waals surface area contributed by atoms with Crippen LogP contribution in [0, 0.1) is 0 Å². The molecular weight excluding hydrogens is 536 g/mol. The van der Waals surface area contributed by atoms with Crippen LogP contribution in [0.5, 0.6) is 5.75 Å². The van der Waals surface area contributed by atoms with Crippen LogP contribution in [0.4, 0.5) is 4.79 Å². The zero-order chi connectivity index (χ0) is 30.2. The lowest BCUT2D eigenvalue weighted by atomic mass is 10.1. The zero-order valence-corrected chi connectivity index (χ0v) is 23.7. The van der Waals surface area contributed by atoms with Crippen LogP contribution >= 0.6 is 0 Å². The number of ether oxygens (including phenoxy) is 3. The SMILES string of the molecule is CCOC(=O)N1CCN(C(=O)[C@H](CCC(=O)OC(C)(C)C)NC(=O)c2cc(OCC(=O)O)c3ccccc3n2)CC1. The highest BCUT2D eigenvalue weighted by atomic mass is 16.6. The van der Waals surface area contributed by atoms with Crippen molar-refractivity contribution in [3.8, 4) is 5.75 Å². The van der Waals surface area contributed by atoms with Gasteiger partial charge in [0, 0.05) is 44.1 Å². The summed E-state index contributed by atoms with van der Waals surface area (Å²) in [5.74, 6) is -2.69. The molecule has 1 aromatic heterocycles. The lowest BCUT2D eigenvalue weighted by molar-refractivity contribution is -0.155. The third-order valence-electron chi connectivity index (χ3n) is 6.04. The Labute approximate surface area is 237 Å². The van der Waals surface area contributed by atoms with E-state index in [2.05, 4.69) is 10.3 Å². The summed E-state index contributed by atoms with van der Waals surface area (Å²) in [5, 5.41) is 12.2. The Balaban J connectivity index is 1.80. The minimum absolute atomic E-state index is 0.0342. The van der Waals surface area contributed by atoms with Gasteiger partial charge in [-0.2, -0.15) is 0 Å². The summed E-state index contributed by atoms with van der Waals surface area (Å²) < 4.78 is 15.8. The number of esters is 1. The minimum Gasteiger partial charge on any atom is -0.481 e. The number of hydrogen-bond donors (Lipinski definition) is 2. The van der Waals surface area contributed by atoms with Gasteiger partial charge in [-0.25, -0.2) is 14.6 Å². The van der Waals surface area contributed by atoms with Crippen LogP contribution in [0.25, 0.3) is 10.9 Å². The maximum Gasteiger partial charge on any atom is 0.409 e. The topological polar surface area (TPSA) is 165 Å². The van der Waals surface area contributed by atoms with Gasteiger partial charge >= 0.3 is 18.0 Å². The van der Waals surface area contributed by atoms with Crippen molar-refractivity contribution < 1.29 is 43.3 Å². The van der Waals surface area contributed by atoms with E-state index in [-0.39, 0.29) is 57.1 Å². The predicted octanol–water partition coefficient (Wildman–Crippen LogP) is 2.22. The molecule has 0 spiro atoms. The Kier molecular flexibility index (Phi) is 10.5. The van der Waals surface area contributed by atoms with Crippen molar-refractivity contribution in [2.24, 2.45) is 0 Å². The van der Waals surface area contributed by atoms with Crippen LogP contribution < -0.4 is 10.1 Å². The van der Waals surface area contributed by atoms with E-state index >= 15 is 0 Å². The van der Waals surface area contributed by atoms with E-state index in [1.165, 1.54) is 15.9 Å². The number of rotatable bonds is 10. The fraction of sp³-hybridized carbons (Fsp3) is 0.500. The van der Waals surface area contributed by atoms with Gasteiger partial charge in [0.2, 0.25) is 5.91 Å². The summed E-state index contributed by atoms with van der Waals surface area (Å²) in [6.07, 6.45) is -0.625.